The van der Waals surface area contributed by atoms with Crippen LogP contribution in [0.5, 0.6) is 0 Å². The molecular formula is C16H28N2O3. The summed E-state index contributed by atoms with van der Waals surface area (Å²) >= 11 is 0. The number of urea groups is 1. The molecule has 120 valence electrons. The first kappa shape index (κ1) is 16.1. The number of aliphatic carboxylic acids is 1. The van der Waals surface area contributed by atoms with Crippen LogP contribution in [0.25, 0.3) is 0 Å². The average Bonchev–Trinajstić information content (AvgIpc) is 2.76. The minimum atomic E-state index is -1.05. The Labute approximate surface area is 127 Å². The highest BCUT2D eigenvalue weighted by Gasteiger charge is 2.42. The van der Waals surface area contributed by atoms with Crippen molar-refractivity contribution < 1.29 is 14.7 Å². The molecule has 2 rings (SSSR count). The molecule has 0 heterocycles. The molecule has 2 fully saturated rings. The molecule has 21 heavy (non-hydrogen) atoms. The lowest BCUT2D eigenvalue weighted by molar-refractivity contribution is -0.146. The van der Waals surface area contributed by atoms with Crippen molar-refractivity contribution in [1.82, 2.24) is 10.2 Å². The van der Waals surface area contributed by atoms with Gasteiger partial charge in [0, 0.05) is 13.1 Å². The van der Waals surface area contributed by atoms with Gasteiger partial charge in [-0.2, -0.15) is 0 Å². The van der Waals surface area contributed by atoms with Gasteiger partial charge in [0.05, 0.1) is 0 Å². The molecular weight excluding hydrogens is 268 g/mol. The van der Waals surface area contributed by atoms with Crippen molar-refractivity contribution in [3.05, 3.63) is 0 Å². The quantitative estimate of drug-likeness (QED) is 0.786. The molecule has 0 atom stereocenters. The van der Waals surface area contributed by atoms with Crippen molar-refractivity contribution in [1.29, 1.82) is 0 Å². The van der Waals surface area contributed by atoms with Crippen LogP contribution in [0.2, 0.25) is 0 Å². The van der Waals surface area contributed by atoms with Crippen LogP contribution in [-0.4, -0.2) is 40.6 Å². The van der Waals surface area contributed by atoms with Crippen LogP contribution in [0.4, 0.5) is 4.79 Å². The summed E-state index contributed by atoms with van der Waals surface area (Å²) in [6.07, 6.45) is 10.8. The number of amides is 2. The molecule has 0 bridgehead atoms. The first-order valence-electron chi connectivity index (χ1n) is 8.33. The lowest BCUT2D eigenvalue weighted by Gasteiger charge is -2.37. The zero-order valence-corrected chi connectivity index (χ0v) is 13.1. The molecule has 2 saturated carbocycles. The molecule has 0 radical (unpaired) electrons. The van der Waals surface area contributed by atoms with Gasteiger partial charge in [0.2, 0.25) is 0 Å². The topological polar surface area (TPSA) is 69.6 Å². The summed E-state index contributed by atoms with van der Waals surface area (Å²) in [4.78, 5) is 25.9. The third-order valence-electron chi connectivity index (χ3n) is 5.16. The van der Waals surface area contributed by atoms with Crippen LogP contribution in [-0.2, 0) is 4.79 Å². The standard InChI is InChI=1S/C16H28N2O3/c1-18(13-9-5-2-3-6-10-13)15(21)17-16(14(19)20)11-7-4-8-12-16/h13H,2-12H2,1H3,(H,17,21)(H,19,20). The summed E-state index contributed by atoms with van der Waals surface area (Å²) in [6, 6.07) is 0.0353. The lowest BCUT2D eigenvalue weighted by Crippen LogP contribution is -2.59. The number of hydrogen-bond acceptors (Lipinski definition) is 2. The van der Waals surface area contributed by atoms with E-state index in [4.69, 9.17) is 0 Å². The minimum Gasteiger partial charge on any atom is -0.480 e. The van der Waals surface area contributed by atoms with E-state index in [0.717, 1.165) is 44.9 Å². The van der Waals surface area contributed by atoms with Gasteiger partial charge in [-0.05, 0) is 25.7 Å². The minimum absolute atomic E-state index is 0.216. The van der Waals surface area contributed by atoms with Crippen molar-refractivity contribution in [2.75, 3.05) is 7.05 Å². The van der Waals surface area contributed by atoms with E-state index >= 15 is 0 Å². The van der Waals surface area contributed by atoms with E-state index in [0.29, 0.717) is 12.8 Å². The predicted octanol–water partition coefficient (Wildman–Crippen LogP) is 3.14. The van der Waals surface area contributed by atoms with E-state index in [1.807, 2.05) is 7.05 Å². The second kappa shape index (κ2) is 7.14. The van der Waals surface area contributed by atoms with Gasteiger partial charge >= 0.3 is 12.0 Å². The molecule has 0 spiro atoms. The van der Waals surface area contributed by atoms with E-state index in [2.05, 4.69) is 5.32 Å². The Morgan fingerprint density at radius 1 is 1.00 bits per heavy atom. The Morgan fingerprint density at radius 2 is 1.52 bits per heavy atom. The number of carbonyl (C=O) groups excluding carboxylic acids is 1. The number of carbonyl (C=O) groups is 2. The summed E-state index contributed by atoms with van der Waals surface area (Å²) < 4.78 is 0. The second-order valence-electron chi connectivity index (χ2n) is 6.63. The van der Waals surface area contributed by atoms with Crippen LogP contribution < -0.4 is 5.32 Å². The number of nitrogens with one attached hydrogen (secondary N) is 1. The molecule has 2 aliphatic rings. The fourth-order valence-electron chi connectivity index (χ4n) is 3.65. The normalized spacial score (nSPS) is 23.1. The first-order valence-corrected chi connectivity index (χ1v) is 8.33. The highest BCUT2D eigenvalue weighted by atomic mass is 16.4. The van der Waals surface area contributed by atoms with Gasteiger partial charge in [0.1, 0.15) is 5.54 Å². The van der Waals surface area contributed by atoms with Crippen LogP contribution >= 0.6 is 0 Å². The third-order valence-corrected chi connectivity index (χ3v) is 5.16. The maximum atomic E-state index is 12.5. The van der Waals surface area contributed by atoms with Crippen LogP contribution in [0.15, 0.2) is 0 Å². The summed E-state index contributed by atoms with van der Waals surface area (Å²) in [7, 11) is 1.81. The molecule has 0 saturated heterocycles. The Balaban J connectivity index is 1.99. The fourth-order valence-corrected chi connectivity index (χ4v) is 3.65. The molecule has 2 amide bonds. The summed E-state index contributed by atoms with van der Waals surface area (Å²) in [5.41, 5.74) is -1.05. The van der Waals surface area contributed by atoms with Gasteiger partial charge in [-0.15, -0.1) is 0 Å². The van der Waals surface area contributed by atoms with Gasteiger partial charge in [-0.1, -0.05) is 44.9 Å². The average molecular weight is 296 g/mol. The Kier molecular flexibility index (Phi) is 5.48. The molecule has 0 aromatic rings. The molecule has 5 heteroatoms. The second-order valence-corrected chi connectivity index (χ2v) is 6.63. The molecule has 0 aliphatic heterocycles. The third kappa shape index (κ3) is 3.89. The van der Waals surface area contributed by atoms with E-state index in [9.17, 15) is 14.7 Å². The number of nitrogens with zero attached hydrogens (tertiary/aromatic N) is 1. The molecule has 0 aromatic heterocycles. The van der Waals surface area contributed by atoms with Crippen molar-refractivity contribution >= 4 is 12.0 Å². The number of rotatable bonds is 3. The number of hydrogen-bond donors (Lipinski definition) is 2. The predicted molar refractivity (Wildman–Crippen MR) is 81.2 cm³/mol. The maximum Gasteiger partial charge on any atom is 0.329 e. The maximum absolute atomic E-state index is 12.5. The van der Waals surface area contributed by atoms with E-state index in [1.165, 1.54) is 12.8 Å². The Bertz CT molecular complexity index is 370. The van der Waals surface area contributed by atoms with Gasteiger partial charge < -0.3 is 15.3 Å². The number of carboxylic acid groups (broad SMARTS) is 1. The smallest absolute Gasteiger partial charge is 0.329 e. The van der Waals surface area contributed by atoms with E-state index < -0.39 is 11.5 Å². The monoisotopic (exact) mass is 296 g/mol. The summed E-state index contributed by atoms with van der Waals surface area (Å²) in [5.74, 6) is -0.884. The van der Waals surface area contributed by atoms with E-state index in [-0.39, 0.29) is 12.1 Å². The van der Waals surface area contributed by atoms with Crippen LogP contribution in [0.3, 0.4) is 0 Å². The first-order chi connectivity index (χ1) is 10.1. The Hall–Kier alpha value is -1.26. The van der Waals surface area contributed by atoms with Gasteiger partial charge in [0.15, 0.2) is 0 Å². The highest BCUT2D eigenvalue weighted by molar-refractivity contribution is 5.86. The zero-order valence-electron chi connectivity index (χ0n) is 13.1. The number of carboxylic acids is 1. The zero-order chi connectivity index (χ0) is 15.3. The largest absolute Gasteiger partial charge is 0.480 e. The van der Waals surface area contributed by atoms with Crippen molar-refractivity contribution in [3.8, 4) is 0 Å². The molecule has 2 aliphatic carbocycles. The molecule has 0 unspecified atom stereocenters. The van der Waals surface area contributed by atoms with Crippen molar-refractivity contribution in [3.63, 3.8) is 0 Å². The van der Waals surface area contributed by atoms with Crippen molar-refractivity contribution in [2.24, 2.45) is 0 Å². The van der Waals surface area contributed by atoms with Gasteiger partial charge in [0.25, 0.3) is 0 Å². The van der Waals surface area contributed by atoms with Crippen molar-refractivity contribution in [2.45, 2.75) is 82.2 Å². The van der Waals surface area contributed by atoms with Gasteiger partial charge in [-0.25, -0.2) is 9.59 Å². The van der Waals surface area contributed by atoms with E-state index in [1.54, 1.807) is 4.90 Å². The van der Waals surface area contributed by atoms with Crippen LogP contribution in [0, 0.1) is 0 Å². The molecule has 5 nitrogen and oxygen atoms in total. The molecule has 2 N–H and O–H groups in total. The SMILES string of the molecule is CN(C(=O)NC1(C(=O)O)CCCCC1)C1CCCCCC1. The highest BCUT2D eigenvalue weighted by Crippen LogP contribution is 2.29. The van der Waals surface area contributed by atoms with Gasteiger partial charge in [-0.3, -0.25) is 0 Å². The summed E-state index contributed by atoms with van der Waals surface area (Å²) in [6.45, 7) is 0. The summed E-state index contributed by atoms with van der Waals surface area (Å²) in [5, 5.41) is 12.4. The Morgan fingerprint density at radius 3 is 2.05 bits per heavy atom. The fraction of sp³-hybridized carbons (Fsp3) is 0.875. The molecule has 0 aromatic carbocycles. The lowest BCUT2D eigenvalue weighted by atomic mass is 9.82. The van der Waals surface area contributed by atoms with Crippen LogP contribution in [0.1, 0.15) is 70.6 Å².